The molecule has 0 saturated heterocycles. The molecular weight excluding hydrogens is 287 g/mol. The van der Waals surface area contributed by atoms with Crippen LogP contribution in [0.15, 0.2) is 41.8 Å². The zero-order valence-electron chi connectivity index (χ0n) is 11.7. The summed E-state index contributed by atoms with van der Waals surface area (Å²) in [6, 6.07) is 4.69. The maximum atomic E-state index is 13.2. The van der Waals surface area contributed by atoms with Crippen molar-refractivity contribution in [3.63, 3.8) is 0 Å². The third-order valence-corrected chi connectivity index (χ3v) is 3.00. The van der Waals surface area contributed by atoms with E-state index in [9.17, 15) is 14.0 Å². The van der Waals surface area contributed by atoms with E-state index in [1.807, 2.05) is 0 Å². The van der Waals surface area contributed by atoms with Crippen molar-refractivity contribution in [2.75, 3.05) is 0 Å². The highest BCUT2D eigenvalue weighted by Crippen LogP contribution is 2.32. The Hall–Kier alpha value is -3.07. The summed E-state index contributed by atoms with van der Waals surface area (Å²) in [6.45, 7) is 1.25. The molecule has 1 aliphatic rings. The monoisotopic (exact) mass is 298 g/mol. The highest BCUT2D eigenvalue weighted by molar-refractivity contribution is 5.92. The van der Waals surface area contributed by atoms with E-state index in [2.05, 4.69) is 4.79 Å². The molecule has 0 aliphatic heterocycles. The van der Waals surface area contributed by atoms with Gasteiger partial charge in [0, 0.05) is 13.3 Å². The van der Waals surface area contributed by atoms with Gasteiger partial charge in [-0.25, -0.2) is 9.18 Å². The molecule has 0 aromatic heterocycles. The Morgan fingerprint density at radius 1 is 1.45 bits per heavy atom. The van der Waals surface area contributed by atoms with E-state index < -0.39 is 11.8 Å². The van der Waals surface area contributed by atoms with Crippen LogP contribution in [0.5, 0.6) is 5.75 Å². The van der Waals surface area contributed by atoms with Gasteiger partial charge in [0.15, 0.2) is 0 Å². The first-order valence-electron chi connectivity index (χ1n) is 6.36. The molecule has 1 aliphatic carbocycles. The summed E-state index contributed by atoms with van der Waals surface area (Å²) in [7, 11) is 0. The lowest BCUT2D eigenvalue weighted by Gasteiger charge is -2.13. The van der Waals surface area contributed by atoms with E-state index in [1.54, 1.807) is 18.1 Å². The fourth-order valence-electron chi connectivity index (χ4n) is 2.09. The van der Waals surface area contributed by atoms with Gasteiger partial charge in [0.2, 0.25) is 0 Å². The minimum Gasteiger partial charge on any atom is -0.426 e. The second kappa shape index (κ2) is 6.59. The zero-order chi connectivity index (χ0) is 16.1. The number of benzene rings is 1. The first-order valence-corrected chi connectivity index (χ1v) is 6.36. The lowest BCUT2D eigenvalue weighted by molar-refractivity contribution is -0.131. The van der Waals surface area contributed by atoms with Crippen molar-refractivity contribution in [3.8, 4) is 5.75 Å². The highest BCUT2D eigenvalue weighted by Gasteiger charge is 2.17. The van der Waals surface area contributed by atoms with Crippen LogP contribution < -0.4 is 4.74 Å². The smallest absolute Gasteiger partial charge is 0.308 e. The molecule has 0 saturated carbocycles. The summed E-state index contributed by atoms with van der Waals surface area (Å²) >= 11 is 0. The average Bonchev–Trinajstić information content (AvgIpc) is 2.48. The summed E-state index contributed by atoms with van der Waals surface area (Å²) in [5.41, 5.74) is 10.3. The SMILES string of the molecule is CC(=O)Oc1ccc(C2=CC=C(F)CC2=C=O)cc1C=[N+]=[N-]. The number of rotatable bonds is 3. The molecule has 0 heterocycles. The first-order chi connectivity index (χ1) is 10.5. The summed E-state index contributed by atoms with van der Waals surface area (Å²) in [4.78, 5) is 24.9. The van der Waals surface area contributed by atoms with Crippen LogP contribution in [0.3, 0.4) is 0 Å². The minimum atomic E-state index is -0.518. The zero-order valence-corrected chi connectivity index (χ0v) is 11.7. The third-order valence-electron chi connectivity index (χ3n) is 3.00. The van der Waals surface area contributed by atoms with Crippen LogP contribution in [0.2, 0.25) is 0 Å². The topological polar surface area (TPSA) is 79.8 Å². The number of ether oxygens (including phenoxy) is 1. The number of hydrogen-bond acceptors (Lipinski definition) is 3. The van der Waals surface area contributed by atoms with Crippen LogP contribution in [-0.4, -0.2) is 22.9 Å². The Bertz CT molecular complexity index is 796. The molecule has 0 radical (unpaired) electrons. The molecule has 0 spiro atoms. The van der Waals surface area contributed by atoms with Gasteiger partial charge in [-0.3, -0.25) is 4.79 Å². The minimum absolute atomic E-state index is 0.121. The molecular formula is C16H11FN2O3. The second-order valence-corrected chi connectivity index (χ2v) is 4.54. The standard InChI is InChI=1S/C16H11FN2O3/c1-10(21)22-16-5-2-11(6-12(16)8-19-18)15-4-3-14(17)7-13(15)9-20/h2-6,8H,7H2,1H3. The predicted octanol–water partition coefficient (Wildman–Crippen LogP) is 2.66. The number of nitrogens with zero attached hydrogens (tertiary/aromatic N) is 2. The van der Waals surface area contributed by atoms with Crippen molar-refractivity contribution < 1.29 is 23.5 Å². The molecule has 0 N–H and O–H groups in total. The number of allylic oxidation sites excluding steroid dienone is 5. The van der Waals surface area contributed by atoms with Crippen LogP contribution in [0.25, 0.3) is 11.1 Å². The summed E-state index contributed by atoms with van der Waals surface area (Å²) in [5, 5.41) is 0. The van der Waals surface area contributed by atoms with E-state index in [0.717, 1.165) is 6.21 Å². The first kappa shape index (κ1) is 15.3. The van der Waals surface area contributed by atoms with Gasteiger partial charge >= 0.3 is 5.97 Å². The normalized spacial score (nSPS) is 13.5. The van der Waals surface area contributed by atoms with Crippen molar-refractivity contribution in [2.24, 2.45) is 0 Å². The lowest BCUT2D eigenvalue weighted by atomic mass is 9.91. The molecule has 0 fully saturated rings. The Labute approximate surface area is 125 Å². The van der Waals surface area contributed by atoms with Gasteiger partial charge in [-0.1, -0.05) is 12.1 Å². The quantitative estimate of drug-likeness (QED) is 0.215. The van der Waals surface area contributed by atoms with Gasteiger partial charge in [-0.2, -0.15) is 4.79 Å². The Balaban J connectivity index is 2.53. The number of halogens is 1. The summed E-state index contributed by atoms with van der Waals surface area (Å²) in [6.07, 6.45) is 3.73. The van der Waals surface area contributed by atoms with Crippen LogP contribution >= 0.6 is 0 Å². The van der Waals surface area contributed by atoms with E-state index in [-0.39, 0.29) is 17.7 Å². The average molecular weight is 298 g/mol. The predicted molar refractivity (Wildman–Crippen MR) is 77.5 cm³/mol. The number of carbonyl (C=O) groups is 1. The largest absolute Gasteiger partial charge is 0.426 e. The number of carbonyl (C=O) groups excluding carboxylic acids is 2. The van der Waals surface area contributed by atoms with Crippen molar-refractivity contribution in [2.45, 2.75) is 13.3 Å². The maximum absolute atomic E-state index is 13.2. The van der Waals surface area contributed by atoms with Crippen LogP contribution in [0, 0.1) is 0 Å². The molecule has 22 heavy (non-hydrogen) atoms. The number of hydrogen-bond donors (Lipinski definition) is 0. The maximum Gasteiger partial charge on any atom is 0.308 e. The van der Waals surface area contributed by atoms with Gasteiger partial charge in [0.1, 0.15) is 17.5 Å². The van der Waals surface area contributed by atoms with Crippen molar-refractivity contribution >= 4 is 23.7 Å². The van der Waals surface area contributed by atoms with Gasteiger partial charge in [0.25, 0.3) is 6.21 Å². The number of esters is 1. The van der Waals surface area contributed by atoms with Crippen LogP contribution in [0.4, 0.5) is 4.39 Å². The molecule has 5 nitrogen and oxygen atoms in total. The molecule has 2 rings (SSSR count). The molecule has 0 amide bonds. The van der Waals surface area contributed by atoms with Crippen molar-refractivity contribution in [1.82, 2.24) is 0 Å². The molecule has 0 unspecified atom stereocenters. The molecule has 110 valence electrons. The van der Waals surface area contributed by atoms with Gasteiger partial charge in [-0.15, -0.1) is 0 Å². The Morgan fingerprint density at radius 2 is 2.23 bits per heavy atom. The van der Waals surface area contributed by atoms with E-state index in [4.69, 9.17) is 10.3 Å². The summed E-state index contributed by atoms with van der Waals surface area (Å²) < 4.78 is 18.2. The van der Waals surface area contributed by atoms with E-state index >= 15 is 0 Å². The van der Waals surface area contributed by atoms with Gasteiger partial charge < -0.3 is 10.3 Å². The lowest BCUT2D eigenvalue weighted by Crippen LogP contribution is -2.05. The fourth-order valence-corrected chi connectivity index (χ4v) is 2.09. The third kappa shape index (κ3) is 3.33. The van der Waals surface area contributed by atoms with Gasteiger partial charge in [-0.05, 0) is 29.3 Å². The van der Waals surface area contributed by atoms with E-state index in [0.29, 0.717) is 16.7 Å². The van der Waals surface area contributed by atoms with Crippen LogP contribution in [0.1, 0.15) is 24.5 Å². The summed E-state index contributed by atoms with van der Waals surface area (Å²) in [5.74, 6) is 1.00. The Kier molecular flexibility index (Phi) is 4.59. The molecule has 0 atom stereocenters. The molecule has 0 bridgehead atoms. The highest BCUT2D eigenvalue weighted by atomic mass is 19.1. The molecule has 6 heteroatoms. The van der Waals surface area contributed by atoms with Crippen molar-refractivity contribution in [3.05, 3.63) is 58.4 Å². The Morgan fingerprint density at radius 3 is 2.86 bits per heavy atom. The second-order valence-electron chi connectivity index (χ2n) is 4.54. The molecule has 1 aromatic carbocycles. The van der Waals surface area contributed by atoms with Crippen LogP contribution in [-0.2, 0) is 9.59 Å². The van der Waals surface area contributed by atoms with Crippen molar-refractivity contribution in [1.29, 1.82) is 0 Å². The molecule has 1 aromatic rings. The fraction of sp³-hybridized carbons (Fsp3) is 0.125. The van der Waals surface area contributed by atoms with Gasteiger partial charge in [0.05, 0.1) is 11.1 Å². The van der Waals surface area contributed by atoms with E-state index in [1.165, 1.54) is 25.1 Å².